The van der Waals surface area contributed by atoms with Gasteiger partial charge in [-0.05, 0) is 55.8 Å². The number of nitrogen functional groups attached to an aromatic ring is 1. The zero-order valence-corrected chi connectivity index (χ0v) is 20.1. The Hall–Kier alpha value is -5.29. The number of carbonyl (C=O) groups is 2. The average Bonchev–Trinajstić information content (AvgIpc) is 2.88. The number of aromatic amines is 1. The standard InChI is InChI=1S/C26H23N5O6/c1-3-35-21-11-16(23-18(12-27)24(29)31-25(33)19(23)13-28)7-10-20(21)37-14-22(32)30-17-8-5-15(6-9-17)26(34)36-4-2/h5-11H,3-4,14H2,1-2H3,(H,30,32)(H3,29,31,33). The Morgan fingerprint density at radius 2 is 1.68 bits per heavy atom. The van der Waals surface area contributed by atoms with E-state index in [0.29, 0.717) is 16.8 Å². The van der Waals surface area contributed by atoms with Gasteiger partial charge in [-0.25, -0.2) is 4.79 Å². The molecule has 0 fully saturated rings. The maximum Gasteiger partial charge on any atom is 0.338 e. The molecule has 1 aromatic heterocycles. The minimum atomic E-state index is -0.723. The molecule has 4 N–H and O–H groups in total. The van der Waals surface area contributed by atoms with E-state index in [2.05, 4.69) is 10.3 Å². The lowest BCUT2D eigenvalue weighted by Gasteiger charge is -2.15. The van der Waals surface area contributed by atoms with E-state index in [0.717, 1.165) is 0 Å². The lowest BCUT2D eigenvalue weighted by atomic mass is 9.96. The molecule has 0 radical (unpaired) electrons. The number of aromatic nitrogens is 1. The third-order valence-corrected chi connectivity index (χ3v) is 5.04. The molecule has 0 aliphatic carbocycles. The number of benzene rings is 2. The quantitative estimate of drug-likeness (QED) is 0.371. The van der Waals surface area contributed by atoms with Crippen molar-refractivity contribution in [3.05, 3.63) is 69.5 Å². The Bertz CT molecular complexity index is 1460. The summed E-state index contributed by atoms with van der Waals surface area (Å²) >= 11 is 0. The van der Waals surface area contributed by atoms with E-state index in [-0.39, 0.29) is 53.8 Å². The molecule has 0 saturated heterocycles. The van der Waals surface area contributed by atoms with Gasteiger partial charge in [-0.2, -0.15) is 10.5 Å². The fourth-order valence-electron chi connectivity index (χ4n) is 3.43. The molecule has 2 aromatic carbocycles. The molecular weight excluding hydrogens is 478 g/mol. The molecule has 0 atom stereocenters. The summed E-state index contributed by atoms with van der Waals surface area (Å²) in [7, 11) is 0. The minimum Gasteiger partial charge on any atom is -0.490 e. The van der Waals surface area contributed by atoms with Crippen LogP contribution in [0.2, 0.25) is 0 Å². The molecule has 0 unspecified atom stereocenters. The van der Waals surface area contributed by atoms with Crippen LogP contribution in [-0.2, 0) is 9.53 Å². The maximum atomic E-state index is 12.4. The van der Waals surface area contributed by atoms with Crippen molar-refractivity contribution in [1.29, 1.82) is 10.5 Å². The highest BCUT2D eigenvalue weighted by molar-refractivity contribution is 5.93. The van der Waals surface area contributed by atoms with Gasteiger partial charge in [0.2, 0.25) is 0 Å². The number of nitrogens with zero attached hydrogens (tertiary/aromatic N) is 2. The normalized spacial score (nSPS) is 10.1. The van der Waals surface area contributed by atoms with Gasteiger partial charge in [-0.3, -0.25) is 9.59 Å². The highest BCUT2D eigenvalue weighted by atomic mass is 16.5. The van der Waals surface area contributed by atoms with Gasteiger partial charge in [-0.15, -0.1) is 0 Å². The Balaban J connectivity index is 1.80. The summed E-state index contributed by atoms with van der Waals surface area (Å²) < 4.78 is 16.2. The molecule has 1 heterocycles. The van der Waals surface area contributed by atoms with E-state index in [4.69, 9.17) is 19.9 Å². The molecule has 1 amide bonds. The first-order valence-corrected chi connectivity index (χ1v) is 11.2. The topological polar surface area (TPSA) is 180 Å². The van der Waals surface area contributed by atoms with Crippen LogP contribution in [-0.4, -0.2) is 36.7 Å². The fraction of sp³-hybridized carbons (Fsp3) is 0.192. The van der Waals surface area contributed by atoms with Gasteiger partial charge < -0.3 is 30.2 Å². The van der Waals surface area contributed by atoms with E-state index in [9.17, 15) is 24.9 Å². The van der Waals surface area contributed by atoms with Crippen molar-refractivity contribution in [2.75, 3.05) is 30.9 Å². The van der Waals surface area contributed by atoms with Crippen LogP contribution >= 0.6 is 0 Å². The molecule has 11 nitrogen and oxygen atoms in total. The van der Waals surface area contributed by atoms with Gasteiger partial charge in [0.25, 0.3) is 11.5 Å². The number of hydrogen-bond acceptors (Lipinski definition) is 9. The number of carbonyl (C=O) groups excluding carboxylic acids is 2. The molecule has 0 aliphatic rings. The van der Waals surface area contributed by atoms with Gasteiger partial charge in [0.1, 0.15) is 29.1 Å². The molecule has 37 heavy (non-hydrogen) atoms. The summed E-state index contributed by atoms with van der Waals surface area (Å²) in [5.74, 6) is -0.614. The van der Waals surface area contributed by atoms with Crippen LogP contribution in [0.1, 0.15) is 35.3 Å². The Labute approximate surface area is 212 Å². The number of nitrogens with one attached hydrogen (secondary N) is 2. The Morgan fingerprint density at radius 1 is 0.973 bits per heavy atom. The highest BCUT2D eigenvalue weighted by Crippen LogP contribution is 2.35. The molecule has 3 aromatic rings. The van der Waals surface area contributed by atoms with Gasteiger partial charge >= 0.3 is 5.97 Å². The number of esters is 1. The van der Waals surface area contributed by atoms with Crippen LogP contribution in [0.15, 0.2) is 47.3 Å². The van der Waals surface area contributed by atoms with Crippen LogP contribution in [0.4, 0.5) is 11.5 Å². The summed E-state index contributed by atoms with van der Waals surface area (Å²) in [6, 6.07) is 14.5. The van der Waals surface area contributed by atoms with Crippen molar-refractivity contribution >= 4 is 23.4 Å². The second-order valence-electron chi connectivity index (χ2n) is 7.45. The first-order chi connectivity index (χ1) is 17.8. The molecule has 3 rings (SSSR count). The van der Waals surface area contributed by atoms with Gasteiger partial charge in [0.15, 0.2) is 18.1 Å². The number of ether oxygens (including phenoxy) is 3. The maximum absolute atomic E-state index is 12.4. The number of amides is 1. The molecule has 11 heteroatoms. The predicted molar refractivity (Wildman–Crippen MR) is 134 cm³/mol. The number of hydrogen-bond donors (Lipinski definition) is 3. The number of nitrogens with two attached hydrogens (primary N) is 1. The van der Waals surface area contributed by atoms with Crippen molar-refractivity contribution < 1.29 is 23.8 Å². The fourth-order valence-corrected chi connectivity index (χ4v) is 3.43. The van der Waals surface area contributed by atoms with Crippen molar-refractivity contribution in [2.24, 2.45) is 0 Å². The Kier molecular flexibility index (Phi) is 8.47. The SMILES string of the molecule is CCOC(=O)c1ccc(NC(=O)COc2ccc(-c3c(C#N)c(N)[nH]c(=O)c3C#N)cc2OCC)cc1. The molecule has 0 spiro atoms. The highest BCUT2D eigenvalue weighted by Gasteiger charge is 2.20. The van der Waals surface area contributed by atoms with E-state index < -0.39 is 17.4 Å². The van der Waals surface area contributed by atoms with Crippen LogP contribution in [0.3, 0.4) is 0 Å². The van der Waals surface area contributed by atoms with Crippen molar-refractivity contribution in [1.82, 2.24) is 4.98 Å². The average molecular weight is 501 g/mol. The second-order valence-corrected chi connectivity index (χ2v) is 7.45. The lowest BCUT2D eigenvalue weighted by Crippen LogP contribution is -2.20. The molecule has 0 saturated carbocycles. The largest absolute Gasteiger partial charge is 0.490 e. The third kappa shape index (κ3) is 6.05. The summed E-state index contributed by atoms with van der Waals surface area (Å²) in [5.41, 5.74) is 5.98. The predicted octanol–water partition coefficient (Wildman–Crippen LogP) is 2.96. The van der Waals surface area contributed by atoms with Gasteiger partial charge in [0.05, 0.1) is 18.8 Å². The van der Waals surface area contributed by atoms with Crippen molar-refractivity contribution in [2.45, 2.75) is 13.8 Å². The van der Waals surface area contributed by atoms with E-state index in [1.807, 2.05) is 12.1 Å². The summed E-state index contributed by atoms with van der Waals surface area (Å²) in [4.78, 5) is 38.7. The second kappa shape index (κ2) is 11.9. The molecule has 0 bridgehead atoms. The smallest absolute Gasteiger partial charge is 0.338 e. The first-order valence-electron chi connectivity index (χ1n) is 11.2. The van der Waals surface area contributed by atoms with E-state index >= 15 is 0 Å². The number of H-pyrrole nitrogens is 1. The van der Waals surface area contributed by atoms with Crippen LogP contribution in [0.25, 0.3) is 11.1 Å². The number of pyridine rings is 1. The monoisotopic (exact) mass is 501 g/mol. The number of nitriles is 2. The van der Waals surface area contributed by atoms with Crippen LogP contribution < -0.4 is 26.1 Å². The molecule has 188 valence electrons. The molecule has 0 aliphatic heterocycles. The summed E-state index contributed by atoms with van der Waals surface area (Å²) in [6.07, 6.45) is 0. The van der Waals surface area contributed by atoms with Crippen LogP contribution in [0.5, 0.6) is 11.5 Å². The number of anilines is 2. The van der Waals surface area contributed by atoms with Gasteiger partial charge in [0, 0.05) is 11.3 Å². The Morgan fingerprint density at radius 3 is 2.30 bits per heavy atom. The lowest BCUT2D eigenvalue weighted by molar-refractivity contribution is -0.118. The zero-order valence-electron chi connectivity index (χ0n) is 20.1. The van der Waals surface area contributed by atoms with Crippen molar-refractivity contribution in [3.8, 4) is 34.8 Å². The van der Waals surface area contributed by atoms with Crippen LogP contribution in [0, 0.1) is 22.7 Å². The van der Waals surface area contributed by atoms with E-state index in [1.54, 1.807) is 26.0 Å². The minimum absolute atomic E-state index is 0.0550. The molecular formula is C26H23N5O6. The third-order valence-electron chi connectivity index (χ3n) is 5.04. The summed E-state index contributed by atoms with van der Waals surface area (Å²) in [5, 5.41) is 21.7. The summed E-state index contributed by atoms with van der Waals surface area (Å²) in [6.45, 7) is 3.62. The van der Waals surface area contributed by atoms with E-state index in [1.165, 1.54) is 30.3 Å². The van der Waals surface area contributed by atoms with Crippen molar-refractivity contribution in [3.63, 3.8) is 0 Å². The zero-order chi connectivity index (χ0) is 26.9. The first kappa shape index (κ1) is 26.3. The van der Waals surface area contributed by atoms with Gasteiger partial charge in [-0.1, -0.05) is 6.07 Å². The number of rotatable bonds is 9.